The van der Waals surface area contributed by atoms with Crippen molar-refractivity contribution in [2.24, 2.45) is 0 Å². The van der Waals surface area contributed by atoms with Gasteiger partial charge in [0.15, 0.2) is 6.29 Å². The fourth-order valence-electron chi connectivity index (χ4n) is 1.19. The van der Waals surface area contributed by atoms with Gasteiger partial charge in [-0.15, -0.1) is 0 Å². The number of alkyl halides is 6. The first kappa shape index (κ1) is 15.8. The first-order valence-electron chi connectivity index (χ1n) is 5.09. The molecular weight excluding hydrogens is 278 g/mol. The fourth-order valence-corrected chi connectivity index (χ4v) is 1.19. The predicted molar refractivity (Wildman–Crippen MR) is 53.2 cm³/mol. The molecule has 0 saturated heterocycles. The molecule has 108 valence electrons. The second-order valence-electron chi connectivity index (χ2n) is 3.59. The average molecular weight is 288 g/mol. The molecule has 19 heavy (non-hydrogen) atoms. The monoisotopic (exact) mass is 288 g/mol. The van der Waals surface area contributed by atoms with Crippen LogP contribution < -0.4 is 0 Å². The number of hydrogen-bond acceptors (Lipinski definition) is 2. The summed E-state index contributed by atoms with van der Waals surface area (Å²) >= 11 is 0. The lowest BCUT2D eigenvalue weighted by Crippen LogP contribution is -2.24. The van der Waals surface area contributed by atoms with Gasteiger partial charge in [0.1, 0.15) is 13.2 Å². The molecule has 0 aliphatic heterocycles. The van der Waals surface area contributed by atoms with E-state index in [9.17, 15) is 26.3 Å². The van der Waals surface area contributed by atoms with Gasteiger partial charge in [0.05, 0.1) is 0 Å². The highest BCUT2D eigenvalue weighted by Crippen LogP contribution is 2.26. The van der Waals surface area contributed by atoms with Crippen molar-refractivity contribution in [3.8, 4) is 0 Å². The fraction of sp³-hybridized carbons (Fsp3) is 0.455. The Labute approximate surface area is 104 Å². The Bertz CT molecular complexity index is 355. The van der Waals surface area contributed by atoms with Crippen molar-refractivity contribution in [1.29, 1.82) is 0 Å². The summed E-state index contributed by atoms with van der Waals surface area (Å²) < 4.78 is 80.7. The molecule has 0 fully saturated rings. The summed E-state index contributed by atoms with van der Waals surface area (Å²) in [6.45, 7) is -3.38. The molecule has 0 bridgehead atoms. The summed E-state index contributed by atoms with van der Waals surface area (Å²) in [5.74, 6) is 0. The molecule has 0 aliphatic carbocycles. The summed E-state index contributed by atoms with van der Waals surface area (Å²) in [4.78, 5) is 0. The number of ether oxygens (including phenoxy) is 2. The summed E-state index contributed by atoms with van der Waals surface area (Å²) in [5.41, 5.74) is 0.0796. The van der Waals surface area contributed by atoms with E-state index in [-0.39, 0.29) is 5.56 Å². The molecule has 0 N–H and O–H groups in total. The molecule has 0 aromatic heterocycles. The van der Waals surface area contributed by atoms with Crippen LogP contribution in [0.5, 0.6) is 0 Å². The van der Waals surface area contributed by atoms with Crippen LogP contribution in [0.4, 0.5) is 26.3 Å². The van der Waals surface area contributed by atoms with Crippen LogP contribution in [0.3, 0.4) is 0 Å². The van der Waals surface area contributed by atoms with Gasteiger partial charge < -0.3 is 9.47 Å². The zero-order chi connectivity index (χ0) is 14.5. The van der Waals surface area contributed by atoms with E-state index in [1.165, 1.54) is 24.3 Å². The lowest BCUT2D eigenvalue weighted by Gasteiger charge is -2.20. The molecule has 0 amide bonds. The summed E-state index contributed by atoms with van der Waals surface area (Å²) in [7, 11) is 0. The molecule has 0 heterocycles. The highest BCUT2D eigenvalue weighted by Gasteiger charge is 2.33. The van der Waals surface area contributed by atoms with Crippen LogP contribution in [-0.4, -0.2) is 25.6 Å². The maximum absolute atomic E-state index is 12.0. The van der Waals surface area contributed by atoms with Gasteiger partial charge in [-0.1, -0.05) is 30.3 Å². The molecular formula is C11H10F6O2. The van der Waals surface area contributed by atoms with Crippen LogP contribution in [0, 0.1) is 0 Å². The standard InChI is InChI=1S/C11H10F6O2/c12-10(13,14)6-18-9(19-7-11(15,16)17)8-4-2-1-3-5-8/h1-5,9H,6-7H2. The predicted octanol–water partition coefficient (Wildman–Crippen LogP) is 3.84. The van der Waals surface area contributed by atoms with Gasteiger partial charge >= 0.3 is 12.4 Å². The number of halogens is 6. The molecule has 2 nitrogen and oxygen atoms in total. The zero-order valence-corrected chi connectivity index (χ0v) is 9.46. The van der Waals surface area contributed by atoms with Crippen molar-refractivity contribution in [3.63, 3.8) is 0 Å². The quantitative estimate of drug-likeness (QED) is 0.605. The maximum Gasteiger partial charge on any atom is 0.411 e. The second-order valence-corrected chi connectivity index (χ2v) is 3.59. The van der Waals surface area contributed by atoms with Crippen LogP contribution in [0.15, 0.2) is 30.3 Å². The largest absolute Gasteiger partial charge is 0.411 e. The van der Waals surface area contributed by atoms with Crippen molar-refractivity contribution >= 4 is 0 Å². The Kier molecular flexibility index (Phi) is 5.19. The highest BCUT2D eigenvalue weighted by molar-refractivity contribution is 5.15. The van der Waals surface area contributed by atoms with Gasteiger partial charge in [0.25, 0.3) is 0 Å². The van der Waals surface area contributed by atoms with E-state index in [1.54, 1.807) is 6.07 Å². The summed E-state index contributed by atoms with van der Waals surface area (Å²) in [5, 5.41) is 0. The Morgan fingerprint density at radius 3 is 1.58 bits per heavy atom. The maximum atomic E-state index is 12.0. The van der Waals surface area contributed by atoms with Crippen molar-refractivity contribution < 1.29 is 35.8 Å². The molecule has 1 rings (SSSR count). The normalized spacial score (nSPS) is 13.0. The van der Waals surface area contributed by atoms with Crippen LogP contribution in [0.2, 0.25) is 0 Å². The third-order valence-electron chi connectivity index (χ3n) is 1.87. The van der Waals surface area contributed by atoms with E-state index in [0.717, 1.165) is 0 Å². The van der Waals surface area contributed by atoms with E-state index in [1.807, 2.05) is 0 Å². The number of benzene rings is 1. The van der Waals surface area contributed by atoms with E-state index in [2.05, 4.69) is 9.47 Å². The van der Waals surface area contributed by atoms with Gasteiger partial charge in [0.2, 0.25) is 0 Å². The van der Waals surface area contributed by atoms with E-state index in [4.69, 9.17) is 0 Å². The van der Waals surface area contributed by atoms with Gasteiger partial charge in [-0.25, -0.2) is 0 Å². The Hall–Kier alpha value is -1.28. The van der Waals surface area contributed by atoms with Gasteiger partial charge in [0, 0.05) is 5.56 Å². The minimum absolute atomic E-state index is 0.0796. The highest BCUT2D eigenvalue weighted by atomic mass is 19.4. The van der Waals surface area contributed by atoms with E-state index in [0.29, 0.717) is 0 Å². The molecule has 0 spiro atoms. The van der Waals surface area contributed by atoms with Crippen LogP contribution in [-0.2, 0) is 9.47 Å². The lowest BCUT2D eigenvalue weighted by molar-refractivity contribution is -0.262. The van der Waals surface area contributed by atoms with Crippen molar-refractivity contribution in [2.75, 3.05) is 13.2 Å². The third kappa shape index (κ3) is 7.02. The minimum atomic E-state index is -4.64. The molecule has 1 aromatic carbocycles. The van der Waals surface area contributed by atoms with Gasteiger partial charge in [-0.3, -0.25) is 0 Å². The summed E-state index contributed by atoms with van der Waals surface area (Å²) in [6, 6.07) is 7.11. The van der Waals surface area contributed by atoms with Crippen LogP contribution in [0.1, 0.15) is 11.9 Å². The van der Waals surface area contributed by atoms with Gasteiger partial charge in [-0.2, -0.15) is 26.3 Å². The minimum Gasteiger partial charge on any atom is -0.339 e. The van der Waals surface area contributed by atoms with Crippen molar-refractivity contribution in [1.82, 2.24) is 0 Å². The Balaban J connectivity index is 2.68. The third-order valence-corrected chi connectivity index (χ3v) is 1.87. The molecule has 0 saturated carbocycles. The smallest absolute Gasteiger partial charge is 0.339 e. The first-order valence-corrected chi connectivity index (χ1v) is 5.09. The Morgan fingerprint density at radius 2 is 1.21 bits per heavy atom. The Morgan fingerprint density at radius 1 is 0.789 bits per heavy atom. The van der Waals surface area contributed by atoms with E-state index < -0.39 is 31.9 Å². The topological polar surface area (TPSA) is 18.5 Å². The molecule has 0 radical (unpaired) electrons. The molecule has 0 atom stereocenters. The molecule has 1 aromatic rings. The lowest BCUT2D eigenvalue weighted by atomic mass is 10.2. The first-order chi connectivity index (χ1) is 8.67. The zero-order valence-electron chi connectivity index (χ0n) is 9.46. The second kappa shape index (κ2) is 6.25. The summed E-state index contributed by atoms with van der Waals surface area (Å²) in [6.07, 6.45) is -11.0. The van der Waals surface area contributed by atoms with Gasteiger partial charge in [-0.05, 0) is 0 Å². The van der Waals surface area contributed by atoms with Crippen molar-refractivity contribution in [3.05, 3.63) is 35.9 Å². The number of hydrogen-bond donors (Lipinski definition) is 0. The van der Waals surface area contributed by atoms with E-state index >= 15 is 0 Å². The van der Waals surface area contributed by atoms with Crippen LogP contribution in [0.25, 0.3) is 0 Å². The average Bonchev–Trinajstić information content (AvgIpc) is 2.27. The molecule has 0 unspecified atom stereocenters. The van der Waals surface area contributed by atoms with Crippen LogP contribution >= 0.6 is 0 Å². The molecule has 8 heteroatoms. The SMILES string of the molecule is FC(F)(F)COC(OCC(F)(F)F)c1ccccc1. The number of rotatable bonds is 5. The van der Waals surface area contributed by atoms with Crippen molar-refractivity contribution in [2.45, 2.75) is 18.6 Å². The molecule has 0 aliphatic rings.